The Balaban J connectivity index is 1.39. The number of rotatable bonds is 3. The highest BCUT2D eigenvalue weighted by Gasteiger charge is 2.33. The van der Waals surface area contributed by atoms with Crippen molar-refractivity contribution < 1.29 is 14.3 Å². The van der Waals surface area contributed by atoms with Gasteiger partial charge in [0.2, 0.25) is 5.91 Å². The second kappa shape index (κ2) is 8.55. The summed E-state index contributed by atoms with van der Waals surface area (Å²) in [5.41, 5.74) is 3.09. The van der Waals surface area contributed by atoms with Gasteiger partial charge in [-0.1, -0.05) is 36.4 Å². The van der Waals surface area contributed by atoms with Crippen molar-refractivity contribution in [2.75, 3.05) is 31.1 Å². The molecule has 29 heavy (non-hydrogen) atoms. The smallest absolute Gasteiger partial charge is 0.324 e. The molecule has 2 heterocycles. The molecule has 0 bridgehead atoms. The van der Waals surface area contributed by atoms with Gasteiger partial charge in [0, 0.05) is 19.6 Å². The average molecular weight is 393 g/mol. The van der Waals surface area contributed by atoms with Crippen LogP contribution in [0.3, 0.4) is 0 Å². The molecule has 1 atom stereocenters. The summed E-state index contributed by atoms with van der Waals surface area (Å²) in [4.78, 5) is 29.5. The quantitative estimate of drug-likeness (QED) is 0.870. The number of benzene rings is 2. The molecular weight excluding hydrogens is 366 g/mol. The highest BCUT2D eigenvalue weighted by atomic mass is 16.5. The lowest BCUT2D eigenvalue weighted by Crippen LogP contribution is -2.52. The van der Waals surface area contributed by atoms with Gasteiger partial charge < -0.3 is 15.0 Å². The number of ether oxygens (including phenoxy) is 1. The van der Waals surface area contributed by atoms with Crippen LogP contribution in [0.15, 0.2) is 48.5 Å². The number of carbonyl (C=O) groups excluding carboxylic acids is 2. The van der Waals surface area contributed by atoms with Crippen molar-refractivity contribution >= 4 is 17.6 Å². The van der Waals surface area contributed by atoms with Crippen LogP contribution in [0.25, 0.3) is 0 Å². The van der Waals surface area contributed by atoms with Crippen molar-refractivity contribution in [2.45, 2.75) is 26.3 Å². The molecule has 0 radical (unpaired) electrons. The van der Waals surface area contributed by atoms with Gasteiger partial charge in [-0.3, -0.25) is 9.69 Å². The van der Waals surface area contributed by atoms with Crippen molar-refractivity contribution in [3.05, 3.63) is 59.7 Å². The fraction of sp³-hybridized carbons (Fsp3) is 0.391. The van der Waals surface area contributed by atoms with Gasteiger partial charge in [-0.15, -0.1) is 0 Å². The molecule has 6 heteroatoms. The highest BCUT2D eigenvalue weighted by Crippen LogP contribution is 2.32. The minimum Gasteiger partial charge on any atom is -0.490 e. The van der Waals surface area contributed by atoms with E-state index >= 15 is 0 Å². The monoisotopic (exact) mass is 393 g/mol. The molecule has 0 unspecified atom stereocenters. The van der Waals surface area contributed by atoms with E-state index in [9.17, 15) is 9.59 Å². The number of nitrogens with one attached hydrogen (secondary N) is 1. The number of hydrogen-bond donors (Lipinski definition) is 1. The Morgan fingerprint density at radius 2 is 1.90 bits per heavy atom. The van der Waals surface area contributed by atoms with Gasteiger partial charge in [-0.05, 0) is 43.0 Å². The second-order valence-electron chi connectivity index (χ2n) is 7.68. The van der Waals surface area contributed by atoms with Crippen LogP contribution in [0, 0.1) is 12.8 Å². The number of carbonyl (C=O) groups is 2. The van der Waals surface area contributed by atoms with E-state index in [1.807, 2.05) is 60.4 Å². The maximum atomic E-state index is 13.2. The SMILES string of the molecule is Cc1ccccc1CNC(=O)[C@H]1CCCN(C(=O)N2CCOc3ccccc32)C1. The normalized spacial score (nSPS) is 18.6. The van der Waals surface area contributed by atoms with Gasteiger partial charge in [-0.2, -0.15) is 0 Å². The van der Waals surface area contributed by atoms with Gasteiger partial charge in [0.05, 0.1) is 18.2 Å². The van der Waals surface area contributed by atoms with Crippen molar-refractivity contribution in [2.24, 2.45) is 5.92 Å². The molecule has 1 N–H and O–H groups in total. The Kier molecular flexibility index (Phi) is 5.69. The first-order chi connectivity index (χ1) is 14.1. The molecule has 3 amide bonds. The predicted molar refractivity (Wildman–Crippen MR) is 112 cm³/mol. The summed E-state index contributed by atoms with van der Waals surface area (Å²) in [6.07, 6.45) is 1.64. The fourth-order valence-corrected chi connectivity index (χ4v) is 4.04. The molecule has 2 aromatic rings. The highest BCUT2D eigenvalue weighted by molar-refractivity contribution is 5.94. The number of para-hydroxylation sites is 2. The number of piperidine rings is 1. The summed E-state index contributed by atoms with van der Waals surface area (Å²) in [6, 6.07) is 15.6. The molecular formula is C23H27N3O3. The molecule has 152 valence electrons. The summed E-state index contributed by atoms with van der Waals surface area (Å²) in [5.74, 6) is 0.581. The lowest BCUT2D eigenvalue weighted by Gasteiger charge is -2.37. The van der Waals surface area contributed by atoms with Gasteiger partial charge in [0.25, 0.3) is 0 Å². The van der Waals surface area contributed by atoms with Crippen LogP contribution in [0.2, 0.25) is 0 Å². The maximum absolute atomic E-state index is 13.2. The molecule has 0 aromatic heterocycles. The first kappa shape index (κ1) is 19.3. The molecule has 0 saturated carbocycles. The summed E-state index contributed by atoms with van der Waals surface area (Å²) in [6.45, 7) is 4.71. The first-order valence-electron chi connectivity index (χ1n) is 10.2. The number of anilines is 1. The van der Waals surface area contributed by atoms with Crippen LogP contribution in [0.4, 0.5) is 10.5 Å². The zero-order valence-electron chi connectivity index (χ0n) is 16.8. The minimum atomic E-state index is -0.173. The lowest BCUT2D eigenvalue weighted by molar-refractivity contribution is -0.126. The molecule has 1 fully saturated rings. The molecule has 2 aromatic carbocycles. The zero-order chi connectivity index (χ0) is 20.2. The van der Waals surface area contributed by atoms with Gasteiger partial charge >= 0.3 is 6.03 Å². The summed E-state index contributed by atoms with van der Waals surface area (Å²) < 4.78 is 5.66. The first-order valence-corrected chi connectivity index (χ1v) is 10.2. The minimum absolute atomic E-state index is 0.0214. The standard InChI is InChI=1S/C23H27N3O3/c1-17-7-2-3-8-18(17)15-24-22(27)19-9-6-12-25(16-19)23(28)26-13-14-29-21-11-5-4-10-20(21)26/h2-5,7-8,10-11,19H,6,9,12-16H2,1H3,(H,24,27)/t19-/m0/s1. The van der Waals surface area contributed by atoms with Crippen LogP contribution in [0.5, 0.6) is 5.75 Å². The molecule has 6 nitrogen and oxygen atoms in total. The molecule has 2 aliphatic rings. The number of amides is 3. The van der Waals surface area contributed by atoms with E-state index < -0.39 is 0 Å². The van der Waals surface area contributed by atoms with Crippen LogP contribution in [-0.2, 0) is 11.3 Å². The number of urea groups is 1. The Morgan fingerprint density at radius 3 is 2.76 bits per heavy atom. The Hall–Kier alpha value is -3.02. The zero-order valence-corrected chi connectivity index (χ0v) is 16.8. The molecule has 4 rings (SSSR count). The van der Waals surface area contributed by atoms with E-state index in [1.165, 1.54) is 5.56 Å². The van der Waals surface area contributed by atoms with Crippen LogP contribution in [0.1, 0.15) is 24.0 Å². The topological polar surface area (TPSA) is 61.9 Å². The van der Waals surface area contributed by atoms with E-state index in [4.69, 9.17) is 4.74 Å². The third-order valence-corrected chi connectivity index (χ3v) is 5.74. The lowest BCUT2D eigenvalue weighted by atomic mass is 9.97. The third kappa shape index (κ3) is 4.21. The van der Waals surface area contributed by atoms with Gasteiger partial charge in [-0.25, -0.2) is 4.79 Å². The van der Waals surface area contributed by atoms with Crippen molar-refractivity contribution in [1.82, 2.24) is 10.2 Å². The summed E-state index contributed by atoms with van der Waals surface area (Å²) in [7, 11) is 0. The average Bonchev–Trinajstić information content (AvgIpc) is 2.77. The van der Waals surface area contributed by atoms with Gasteiger partial charge in [0.15, 0.2) is 0 Å². The molecule has 1 saturated heterocycles. The van der Waals surface area contributed by atoms with E-state index in [-0.39, 0.29) is 17.9 Å². The van der Waals surface area contributed by atoms with Crippen LogP contribution < -0.4 is 15.0 Å². The van der Waals surface area contributed by atoms with E-state index in [0.717, 1.165) is 29.8 Å². The number of fused-ring (bicyclic) bond motifs is 1. The number of aryl methyl sites for hydroxylation is 1. The number of likely N-dealkylation sites (tertiary alicyclic amines) is 1. The molecule has 2 aliphatic heterocycles. The maximum Gasteiger partial charge on any atom is 0.324 e. The van der Waals surface area contributed by atoms with E-state index in [0.29, 0.717) is 32.8 Å². The van der Waals surface area contributed by atoms with E-state index in [2.05, 4.69) is 5.32 Å². The number of hydrogen-bond acceptors (Lipinski definition) is 3. The largest absolute Gasteiger partial charge is 0.490 e. The van der Waals surface area contributed by atoms with Crippen LogP contribution >= 0.6 is 0 Å². The van der Waals surface area contributed by atoms with Crippen molar-refractivity contribution in [1.29, 1.82) is 0 Å². The molecule has 0 spiro atoms. The second-order valence-corrected chi connectivity index (χ2v) is 7.68. The van der Waals surface area contributed by atoms with Crippen molar-refractivity contribution in [3.8, 4) is 5.75 Å². The third-order valence-electron chi connectivity index (χ3n) is 5.74. The van der Waals surface area contributed by atoms with Crippen molar-refractivity contribution in [3.63, 3.8) is 0 Å². The Morgan fingerprint density at radius 1 is 1.10 bits per heavy atom. The Labute approximate surface area is 171 Å². The van der Waals surface area contributed by atoms with Gasteiger partial charge in [0.1, 0.15) is 12.4 Å². The molecule has 0 aliphatic carbocycles. The van der Waals surface area contributed by atoms with E-state index in [1.54, 1.807) is 4.90 Å². The Bertz CT molecular complexity index is 898. The predicted octanol–water partition coefficient (Wildman–Crippen LogP) is 3.34. The number of nitrogens with zero attached hydrogens (tertiary/aromatic N) is 2. The summed E-state index contributed by atoms with van der Waals surface area (Å²) >= 11 is 0. The fourth-order valence-electron chi connectivity index (χ4n) is 4.04. The van der Waals surface area contributed by atoms with Crippen LogP contribution in [-0.4, -0.2) is 43.1 Å². The summed E-state index contributed by atoms with van der Waals surface area (Å²) in [5, 5.41) is 3.05.